The van der Waals surface area contributed by atoms with Crippen LogP contribution in [0.15, 0.2) is 4.90 Å². The van der Waals surface area contributed by atoms with Gasteiger partial charge in [-0.3, -0.25) is 4.79 Å². The summed E-state index contributed by atoms with van der Waals surface area (Å²) in [6.45, 7) is -0.172. The van der Waals surface area contributed by atoms with E-state index in [0.717, 1.165) is 18.2 Å². The number of nitrogens with two attached hydrogens (primary N) is 1. The molecule has 0 spiro atoms. The minimum atomic E-state index is -4.50. The molecule has 0 atom stereocenters. The number of thiophene rings is 1. The Hall–Kier alpha value is -1.29. The molecule has 0 aliphatic heterocycles. The molecule has 0 amide bonds. The van der Waals surface area contributed by atoms with Gasteiger partial charge in [-0.25, -0.2) is 8.42 Å². The van der Waals surface area contributed by atoms with Gasteiger partial charge in [0.05, 0.1) is 10.6 Å². The van der Waals surface area contributed by atoms with Crippen LogP contribution < -0.4 is 10.6 Å². The third-order valence-electron chi connectivity index (χ3n) is 2.34. The summed E-state index contributed by atoms with van der Waals surface area (Å²) in [7, 11) is -2.76. The molecule has 0 fully saturated rings. The summed E-state index contributed by atoms with van der Waals surface area (Å²) in [6.07, 6.45) is -3.67. The number of hydrogen-bond acceptors (Lipinski definition) is 6. The molecule has 1 heterocycles. The molecule has 1 rings (SSSR count). The second-order valence-corrected chi connectivity index (χ2v) is 7.23. The van der Waals surface area contributed by atoms with Gasteiger partial charge in [0.1, 0.15) is 16.4 Å². The van der Waals surface area contributed by atoms with Crippen molar-refractivity contribution in [1.82, 2.24) is 0 Å². The zero-order chi connectivity index (χ0) is 15.9. The van der Waals surface area contributed by atoms with Crippen molar-refractivity contribution in [2.45, 2.75) is 18.0 Å². The largest absolute Gasteiger partial charge is 0.405 e. The number of halogens is 3. The molecule has 1 aromatic heterocycles. The molecular weight excluding hydrogens is 317 g/mol. The van der Waals surface area contributed by atoms with E-state index in [-0.39, 0.29) is 15.6 Å². The van der Waals surface area contributed by atoms with Crippen LogP contribution in [0.5, 0.6) is 0 Å². The molecule has 5 nitrogen and oxygen atoms in total. The monoisotopic (exact) mass is 330 g/mol. The lowest BCUT2D eigenvalue weighted by Gasteiger charge is -2.20. The van der Waals surface area contributed by atoms with Crippen molar-refractivity contribution < 1.29 is 26.4 Å². The quantitative estimate of drug-likeness (QED) is 0.853. The van der Waals surface area contributed by atoms with Gasteiger partial charge in [-0.15, -0.1) is 11.3 Å². The van der Waals surface area contributed by atoms with Crippen LogP contribution in [0.3, 0.4) is 0 Å². The molecule has 2 N–H and O–H groups in total. The molecule has 10 heteroatoms. The van der Waals surface area contributed by atoms with Crippen molar-refractivity contribution in [2.24, 2.45) is 0 Å². The predicted octanol–water partition coefficient (Wildman–Crippen LogP) is 1.93. The number of anilines is 2. The van der Waals surface area contributed by atoms with Gasteiger partial charge in [0.15, 0.2) is 15.6 Å². The third-order valence-corrected chi connectivity index (χ3v) is 5.04. The fourth-order valence-electron chi connectivity index (χ4n) is 1.63. The standard InChI is InChI=1S/C10H13F3N2O3S2/c1-5(16)7-6(14)8(20(3,17)18)9(19-7)15(2)4-10(11,12)13/h4,14H2,1-3H3. The summed E-state index contributed by atoms with van der Waals surface area (Å²) in [4.78, 5) is 11.6. The number of rotatable bonds is 4. The number of ketones is 1. The van der Waals surface area contributed by atoms with Crippen molar-refractivity contribution >= 4 is 37.6 Å². The summed E-state index contributed by atoms with van der Waals surface area (Å²) in [5.74, 6) is -0.496. The Labute approximate surface area is 118 Å². The SMILES string of the molecule is CC(=O)c1sc(N(C)CC(F)(F)F)c(S(C)(=O)=O)c1N. The second-order valence-electron chi connectivity index (χ2n) is 4.28. The van der Waals surface area contributed by atoms with E-state index in [1.807, 2.05) is 0 Å². The Morgan fingerprint density at radius 1 is 1.40 bits per heavy atom. The van der Waals surface area contributed by atoms with Gasteiger partial charge in [-0.05, 0) is 0 Å². The Balaban J connectivity index is 3.46. The van der Waals surface area contributed by atoms with E-state index in [4.69, 9.17) is 5.73 Å². The Morgan fingerprint density at radius 3 is 2.25 bits per heavy atom. The highest BCUT2D eigenvalue weighted by Crippen LogP contribution is 2.41. The summed E-state index contributed by atoms with van der Waals surface area (Å²) in [5, 5.41) is -0.187. The number of nitrogens with zero attached hydrogens (tertiary/aromatic N) is 1. The fraction of sp³-hybridized carbons (Fsp3) is 0.500. The molecule has 0 aliphatic rings. The molecule has 20 heavy (non-hydrogen) atoms. The van der Waals surface area contributed by atoms with E-state index in [2.05, 4.69) is 0 Å². The maximum atomic E-state index is 12.4. The van der Waals surface area contributed by atoms with Gasteiger partial charge in [0.25, 0.3) is 0 Å². The Bertz CT molecular complexity index is 635. The van der Waals surface area contributed by atoms with Crippen molar-refractivity contribution in [3.8, 4) is 0 Å². The number of sulfone groups is 1. The summed E-state index contributed by atoms with van der Waals surface area (Å²) < 4.78 is 60.6. The van der Waals surface area contributed by atoms with Crippen LogP contribution in [0.4, 0.5) is 23.9 Å². The molecule has 0 saturated heterocycles. The zero-order valence-electron chi connectivity index (χ0n) is 10.9. The van der Waals surface area contributed by atoms with Gasteiger partial charge >= 0.3 is 6.18 Å². The number of carbonyl (C=O) groups is 1. The number of nitrogen functional groups attached to an aromatic ring is 1. The van der Waals surface area contributed by atoms with Crippen molar-refractivity contribution in [1.29, 1.82) is 0 Å². The highest BCUT2D eigenvalue weighted by Gasteiger charge is 2.34. The fourth-order valence-corrected chi connectivity index (χ4v) is 4.22. The van der Waals surface area contributed by atoms with Crippen LogP contribution in [0.2, 0.25) is 0 Å². The van der Waals surface area contributed by atoms with Crippen LogP contribution in [-0.4, -0.2) is 40.2 Å². The highest BCUT2D eigenvalue weighted by molar-refractivity contribution is 7.91. The lowest BCUT2D eigenvalue weighted by Crippen LogP contribution is -2.31. The van der Waals surface area contributed by atoms with Gasteiger partial charge in [-0.2, -0.15) is 13.2 Å². The third kappa shape index (κ3) is 3.63. The summed E-state index contributed by atoms with van der Waals surface area (Å²) in [6, 6.07) is 0. The smallest absolute Gasteiger partial charge is 0.396 e. The Morgan fingerprint density at radius 2 is 1.90 bits per heavy atom. The van der Waals surface area contributed by atoms with Gasteiger partial charge < -0.3 is 10.6 Å². The minimum absolute atomic E-state index is 0.0607. The van der Waals surface area contributed by atoms with Gasteiger partial charge in [0.2, 0.25) is 0 Å². The first-order chi connectivity index (χ1) is 8.84. The topological polar surface area (TPSA) is 80.5 Å². The predicted molar refractivity (Wildman–Crippen MR) is 71.2 cm³/mol. The molecule has 0 radical (unpaired) electrons. The van der Waals surface area contributed by atoms with Crippen molar-refractivity contribution in [3.63, 3.8) is 0 Å². The van der Waals surface area contributed by atoms with Gasteiger partial charge in [0, 0.05) is 20.2 Å². The molecule has 0 aliphatic carbocycles. The van der Waals surface area contributed by atoms with E-state index in [0.29, 0.717) is 11.3 Å². The number of alkyl halides is 3. The van der Waals surface area contributed by atoms with E-state index < -0.39 is 33.2 Å². The van der Waals surface area contributed by atoms with E-state index in [1.54, 1.807) is 0 Å². The van der Waals surface area contributed by atoms with Crippen LogP contribution >= 0.6 is 11.3 Å². The molecule has 114 valence electrons. The number of hydrogen-bond donors (Lipinski definition) is 1. The molecular formula is C10H13F3N2O3S2. The molecule has 0 aromatic carbocycles. The normalized spacial score (nSPS) is 12.5. The Kier molecular flexibility index (Phi) is 4.39. The van der Waals surface area contributed by atoms with Crippen LogP contribution in [0.1, 0.15) is 16.6 Å². The minimum Gasteiger partial charge on any atom is -0.396 e. The first-order valence-electron chi connectivity index (χ1n) is 5.25. The number of Topliss-reactive ketones (excluding diaryl/α,β-unsaturated/α-hetero) is 1. The average Bonchev–Trinajstić information content (AvgIpc) is 2.52. The van der Waals surface area contributed by atoms with Crippen LogP contribution in [0, 0.1) is 0 Å². The first-order valence-corrected chi connectivity index (χ1v) is 7.96. The highest BCUT2D eigenvalue weighted by atomic mass is 32.2. The summed E-state index contributed by atoms with van der Waals surface area (Å²) in [5.41, 5.74) is 5.30. The van der Waals surface area contributed by atoms with Crippen LogP contribution in [-0.2, 0) is 9.84 Å². The number of carbonyl (C=O) groups excluding carboxylic acids is 1. The van der Waals surface area contributed by atoms with Crippen molar-refractivity contribution in [3.05, 3.63) is 4.88 Å². The average molecular weight is 330 g/mol. The lowest BCUT2D eigenvalue weighted by molar-refractivity contribution is -0.119. The second kappa shape index (κ2) is 5.24. The molecule has 0 saturated carbocycles. The maximum absolute atomic E-state index is 12.4. The van der Waals surface area contributed by atoms with E-state index in [9.17, 15) is 26.4 Å². The summed E-state index contributed by atoms with van der Waals surface area (Å²) >= 11 is 0.642. The first kappa shape index (κ1) is 16.8. The van der Waals surface area contributed by atoms with Crippen molar-refractivity contribution in [2.75, 3.05) is 30.5 Å². The van der Waals surface area contributed by atoms with E-state index >= 15 is 0 Å². The lowest BCUT2D eigenvalue weighted by atomic mass is 10.3. The molecule has 0 unspecified atom stereocenters. The van der Waals surface area contributed by atoms with Gasteiger partial charge in [-0.1, -0.05) is 0 Å². The molecule has 0 bridgehead atoms. The zero-order valence-corrected chi connectivity index (χ0v) is 12.5. The molecule has 1 aromatic rings. The van der Waals surface area contributed by atoms with E-state index in [1.165, 1.54) is 6.92 Å². The maximum Gasteiger partial charge on any atom is 0.405 e. The van der Waals surface area contributed by atoms with Crippen LogP contribution in [0.25, 0.3) is 0 Å².